The van der Waals surface area contributed by atoms with Gasteiger partial charge in [0.25, 0.3) is 0 Å². The zero-order chi connectivity index (χ0) is 16.9. The van der Waals surface area contributed by atoms with E-state index in [0.717, 1.165) is 5.56 Å². The second-order valence-corrected chi connectivity index (χ2v) is 5.92. The lowest BCUT2D eigenvalue weighted by Gasteiger charge is -2.07. The first kappa shape index (κ1) is 16.5. The molecule has 2 heterocycles. The number of nitrogens with zero attached hydrogens (tertiary/aromatic N) is 3. The molecule has 0 amide bonds. The Balaban J connectivity index is 1.89. The van der Waals surface area contributed by atoms with Gasteiger partial charge in [-0.2, -0.15) is 0 Å². The number of rotatable bonds is 6. The van der Waals surface area contributed by atoms with Gasteiger partial charge in [0.15, 0.2) is 0 Å². The van der Waals surface area contributed by atoms with Gasteiger partial charge >= 0.3 is 6.01 Å². The molecule has 24 heavy (non-hydrogen) atoms. The molecule has 3 rings (SSSR count). The molecule has 0 unspecified atom stereocenters. The van der Waals surface area contributed by atoms with Crippen molar-refractivity contribution in [3.63, 3.8) is 0 Å². The maximum Gasteiger partial charge on any atom is 0.315 e. The average molecular weight is 393 g/mol. The zero-order valence-electron chi connectivity index (χ0n) is 12.5. The van der Waals surface area contributed by atoms with Crippen LogP contribution in [0.15, 0.2) is 45.5 Å². The summed E-state index contributed by atoms with van der Waals surface area (Å²) in [6.07, 6.45) is 3.62. The molecule has 124 valence electrons. The summed E-state index contributed by atoms with van der Waals surface area (Å²) in [6.45, 7) is 0.274. The van der Waals surface area contributed by atoms with E-state index in [0.29, 0.717) is 34.5 Å². The van der Waals surface area contributed by atoms with Crippen molar-refractivity contribution in [3.05, 3.63) is 58.1 Å². The van der Waals surface area contributed by atoms with E-state index in [1.54, 1.807) is 30.6 Å². The highest BCUT2D eigenvalue weighted by Crippen LogP contribution is 2.26. The fourth-order valence-corrected chi connectivity index (χ4v) is 2.55. The van der Waals surface area contributed by atoms with Gasteiger partial charge in [-0.15, -0.1) is 5.10 Å². The Morgan fingerprint density at radius 1 is 1.21 bits per heavy atom. The predicted molar refractivity (Wildman–Crippen MR) is 90.0 cm³/mol. The first-order valence-corrected chi connectivity index (χ1v) is 8.02. The number of nitrogens with one attached hydrogen (secondary N) is 1. The summed E-state index contributed by atoms with van der Waals surface area (Å²) in [7, 11) is 0. The van der Waals surface area contributed by atoms with Gasteiger partial charge in [-0.05, 0) is 29.3 Å². The molecule has 0 fully saturated rings. The molecule has 0 atom stereocenters. The molecule has 2 aromatic heterocycles. The van der Waals surface area contributed by atoms with Gasteiger partial charge in [0.05, 0.1) is 6.61 Å². The third kappa shape index (κ3) is 3.77. The summed E-state index contributed by atoms with van der Waals surface area (Å²) in [5.41, 5.74) is 2.01. The summed E-state index contributed by atoms with van der Waals surface area (Å²) in [4.78, 5) is 4.10. The SMILES string of the molecule is OCCNc1nnc(-c2ccncc2Cc2ccc(Br)cc2F)o1. The third-order valence-electron chi connectivity index (χ3n) is 3.34. The second kappa shape index (κ2) is 7.50. The summed E-state index contributed by atoms with van der Waals surface area (Å²) in [5.74, 6) is 0.0142. The van der Waals surface area contributed by atoms with E-state index in [4.69, 9.17) is 9.52 Å². The number of aliphatic hydroxyl groups is 1. The van der Waals surface area contributed by atoms with Crippen LogP contribution >= 0.6 is 15.9 Å². The van der Waals surface area contributed by atoms with E-state index in [-0.39, 0.29) is 18.4 Å². The van der Waals surface area contributed by atoms with E-state index in [2.05, 4.69) is 36.4 Å². The number of aliphatic hydroxyl groups excluding tert-OH is 1. The molecule has 8 heteroatoms. The van der Waals surface area contributed by atoms with E-state index in [1.165, 1.54) is 6.07 Å². The number of pyridine rings is 1. The zero-order valence-corrected chi connectivity index (χ0v) is 14.1. The Bertz CT molecular complexity index is 840. The number of hydrogen-bond acceptors (Lipinski definition) is 6. The van der Waals surface area contributed by atoms with E-state index in [9.17, 15) is 4.39 Å². The van der Waals surface area contributed by atoms with Crippen LogP contribution in [0.2, 0.25) is 0 Å². The number of aromatic nitrogens is 3. The van der Waals surface area contributed by atoms with Crippen LogP contribution in [0.3, 0.4) is 0 Å². The molecular weight excluding hydrogens is 379 g/mol. The van der Waals surface area contributed by atoms with E-state index < -0.39 is 0 Å². The minimum absolute atomic E-state index is 0.0406. The largest absolute Gasteiger partial charge is 0.403 e. The Kier molecular flexibility index (Phi) is 5.17. The minimum Gasteiger partial charge on any atom is -0.403 e. The molecule has 6 nitrogen and oxygen atoms in total. The van der Waals surface area contributed by atoms with Crippen molar-refractivity contribution in [3.8, 4) is 11.5 Å². The van der Waals surface area contributed by atoms with Crippen molar-refractivity contribution in [2.24, 2.45) is 0 Å². The highest BCUT2D eigenvalue weighted by Gasteiger charge is 2.14. The van der Waals surface area contributed by atoms with Crippen LogP contribution in [-0.4, -0.2) is 33.4 Å². The van der Waals surface area contributed by atoms with Crippen LogP contribution < -0.4 is 5.32 Å². The topological polar surface area (TPSA) is 84.1 Å². The molecule has 0 saturated heterocycles. The molecule has 0 aliphatic carbocycles. The van der Waals surface area contributed by atoms with Gasteiger partial charge in [-0.1, -0.05) is 27.1 Å². The number of hydrogen-bond donors (Lipinski definition) is 2. The van der Waals surface area contributed by atoms with Crippen molar-refractivity contribution >= 4 is 21.9 Å². The predicted octanol–water partition coefficient (Wildman–Crippen LogP) is 3.03. The van der Waals surface area contributed by atoms with Crippen LogP contribution in [0.25, 0.3) is 11.5 Å². The van der Waals surface area contributed by atoms with Gasteiger partial charge in [-0.3, -0.25) is 4.98 Å². The van der Waals surface area contributed by atoms with Crippen LogP contribution in [0, 0.1) is 5.82 Å². The van der Waals surface area contributed by atoms with E-state index >= 15 is 0 Å². The number of halogens is 2. The maximum atomic E-state index is 14.1. The average Bonchev–Trinajstić information content (AvgIpc) is 3.05. The van der Waals surface area contributed by atoms with Crippen LogP contribution in [-0.2, 0) is 6.42 Å². The molecule has 1 aromatic carbocycles. The normalized spacial score (nSPS) is 10.8. The molecule has 0 aliphatic heterocycles. The van der Waals surface area contributed by atoms with Gasteiger partial charge in [0.1, 0.15) is 5.82 Å². The molecule has 0 aliphatic rings. The van der Waals surface area contributed by atoms with Crippen molar-refractivity contribution in [2.75, 3.05) is 18.5 Å². The minimum atomic E-state index is -0.296. The van der Waals surface area contributed by atoms with Crippen molar-refractivity contribution in [1.82, 2.24) is 15.2 Å². The summed E-state index contributed by atoms with van der Waals surface area (Å²) in [6, 6.07) is 6.90. The standard InChI is InChI=1S/C16H14BrFN4O2/c17-12-2-1-10(14(18)8-12)7-11-9-19-4-3-13(11)15-21-22-16(24-15)20-5-6-23/h1-4,8-9,23H,5-7H2,(H,20,22). The first-order chi connectivity index (χ1) is 11.7. The van der Waals surface area contributed by atoms with Crippen molar-refractivity contribution in [1.29, 1.82) is 0 Å². The Hall–Kier alpha value is -2.32. The van der Waals surface area contributed by atoms with Crippen LogP contribution in [0.1, 0.15) is 11.1 Å². The summed E-state index contributed by atoms with van der Waals surface area (Å²) in [5, 5.41) is 19.5. The second-order valence-electron chi connectivity index (χ2n) is 5.01. The van der Waals surface area contributed by atoms with Crippen molar-refractivity contribution < 1.29 is 13.9 Å². The fraction of sp³-hybridized carbons (Fsp3) is 0.188. The van der Waals surface area contributed by atoms with Crippen molar-refractivity contribution in [2.45, 2.75) is 6.42 Å². The molecular formula is C16H14BrFN4O2. The molecule has 0 radical (unpaired) electrons. The van der Waals surface area contributed by atoms with Gasteiger partial charge < -0.3 is 14.8 Å². The quantitative estimate of drug-likeness (QED) is 0.670. The van der Waals surface area contributed by atoms with Gasteiger partial charge in [-0.25, -0.2) is 4.39 Å². The Morgan fingerprint density at radius 2 is 2.08 bits per heavy atom. The first-order valence-electron chi connectivity index (χ1n) is 7.23. The summed E-state index contributed by atoms with van der Waals surface area (Å²) >= 11 is 3.25. The number of anilines is 1. The lowest BCUT2D eigenvalue weighted by atomic mass is 10.0. The summed E-state index contributed by atoms with van der Waals surface area (Å²) < 4.78 is 20.3. The smallest absolute Gasteiger partial charge is 0.315 e. The fourth-order valence-electron chi connectivity index (χ4n) is 2.21. The van der Waals surface area contributed by atoms with Gasteiger partial charge in [0.2, 0.25) is 5.89 Å². The number of benzene rings is 1. The third-order valence-corrected chi connectivity index (χ3v) is 3.84. The highest BCUT2D eigenvalue weighted by molar-refractivity contribution is 9.10. The monoisotopic (exact) mass is 392 g/mol. The lowest BCUT2D eigenvalue weighted by molar-refractivity contribution is 0.309. The maximum absolute atomic E-state index is 14.1. The van der Waals surface area contributed by atoms with Crippen LogP contribution in [0.4, 0.5) is 10.4 Å². The molecule has 0 bridgehead atoms. The lowest BCUT2D eigenvalue weighted by Crippen LogP contribution is -2.05. The van der Waals surface area contributed by atoms with E-state index in [1.807, 2.05) is 0 Å². The molecule has 0 saturated carbocycles. The van der Waals surface area contributed by atoms with Gasteiger partial charge in [0, 0.05) is 35.4 Å². The molecule has 0 spiro atoms. The van der Waals surface area contributed by atoms with Crippen LogP contribution in [0.5, 0.6) is 0 Å². The highest BCUT2D eigenvalue weighted by atomic mass is 79.9. The molecule has 3 aromatic rings. The molecule has 2 N–H and O–H groups in total. The Labute approximate surface area is 145 Å². The Morgan fingerprint density at radius 3 is 2.88 bits per heavy atom.